The molecular weight excluding hydrogens is 222 g/mol. The number of nitrogens with zero attached hydrogens (tertiary/aromatic N) is 1. The lowest BCUT2D eigenvalue weighted by atomic mass is 10.2. The molecule has 1 aromatic heterocycles. The minimum atomic E-state index is -2.92. The zero-order valence-electron chi connectivity index (χ0n) is 7.88. The van der Waals surface area contributed by atoms with Crippen molar-refractivity contribution in [1.29, 1.82) is 0 Å². The van der Waals surface area contributed by atoms with Crippen LogP contribution in [0, 0.1) is 0 Å². The number of aliphatic hydroxyl groups is 1. The molecule has 0 aliphatic carbocycles. The largest absolute Gasteiger partial charge is 0.387 e. The fraction of sp³-hybridized carbons (Fsp3) is 0.625. The summed E-state index contributed by atoms with van der Waals surface area (Å²) in [6, 6.07) is 0. The van der Waals surface area contributed by atoms with Gasteiger partial charge >= 0.3 is 0 Å². The molecule has 0 aliphatic rings. The van der Waals surface area contributed by atoms with Crippen molar-refractivity contribution in [1.82, 2.24) is 4.98 Å². The van der Waals surface area contributed by atoms with Crippen molar-refractivity contribution < 1.29 is 13.5 Å². The second-order valence-electron chi connectivity index (χ2n) is 3.20. The first-order valence-electron chi connectivity index (χ1n) is 4.23. The smallest absolute Gasteiger partial charge is 0.147 e. The number of sulfone groups is 1. The van der Waals surface area contributed by atoms with Gasteiger partial charge in [-0.3, -0.25) is 0 Å². The highest BCUT2D eigenvalue weighted by Gasteiger charge is 2.10. The molecule has 1 unspecified atom stereocenters. The Morgan fingerprint density at radius 2 is 2.36 bits per heavy atom. The third-order valence-corrected chi connectivity index (χ3v) is 3.42. The van der Waals surface area contributed by atoms with E-state index in [-0.39, 0.29) is 5.75 Å². The minimum Gasteiger partial charge on any atom is -0.387 e. The molecule has 0 fully saturated rings. The van der Waals surface area contributed by atoms with Crippen LogP contribution in [0.5, 0.6) is 0 Å². The third kappa shape index (κ3) is 4.17. The standard InChI is InChI=1S/C8H13NO3S2/c1-14(11,12)4-2-3-8(10)7-5-13-6-9-7/h5-6,8,10H,2-4H2,1H3. The molecule has 1 rings (SSSR count). The lowest BCUT2D eigenvalue weighted by molar-refractivity contribution is 0.162. The highest BCUT2D eigenvalue weighted by molar-refractivity contribution is 7.90. The van der Waals surface area contributed by atoms with Gasteiger partial charge in [-0.25, -0.2) is 13.4 Å². The van der Waals surface area contributed by atoms with Crippen molar-refractivity contribution in [2.45, 2.75) is 18.9 Å². The van der Waals surface area contributed by atoms with Gasteiger partial charge in [0.25, 0.3) is 0 Å². The summed E-state index contributed by atoms with van der Waals surface area (Å²) in [4.78, 5) is 3.95. The van der Waals surface area contributed by atoms with Gasteiger partial charge in [0.1, 0.15) is 9.84 Å². The molecular formula is C8H13NO3S2. The van der Waals surface area contributed by atoms with Crippen LogP contribution in [0.2, 0.25) is 0 Å². The molecule has 0 saturated carbocycles. The second-order valence-corrected chi connectivity index (χ2v) is 6.18. The van der Waals surface area contributed by atoms with E-state index in [4.69, 9.17) is 0 Å². The van der Waals surface area contributed by atoms with E-state index in [0.717, 1.165) is 0 Å². The van der Waals surface area contributed by atoms with Gasteiger partial charge in [0, 0.05) is 17.4 Å². The summed E-state index contributed by atoms with van der Waals surface area (Å²) in [6.07, 6.45) is 1.47. The molecule has 1 heterocycles. The maximum absolute atomic E-state index is 10.8. The van der Waals surface area contributed by atoms with Gasteiger partial charge in [0.15, 0.2) is 0 Å². The van der Waals surface area contributed by atoms with Gasteiger partial charge in [-0.2, -0.15) is 0 Å². The van der Waals surface area contributed by atoms with Crippen LogP contribution in [0.25, 0.3) is 0 Å². The number of hydrogen-bond acceptors (Lipinski definition) is 5. The summed E-state index contributed by atoms with van der Waals surface area (Å²) in [5, 5.41) is 11.3. The van der Waals surface area contributed by atoms with E-state index in [0.29, 0.717) is 18.5 Å². The van der Waals surface area contributed by atoms with Gasteiger partial charge in [0.2, 0.25) is 0 Å². The van der Waals surface area contributed by atoms with Crippen molar-refractivity contribution in [3.05, 3.63) is 16.6 Å². The topological polar surface area (TPSA) is 67.3 Å². The number of aliphatic hydroxyl groups excluding tert-OH is 1. The molecule has 4 nitrogen and oxygen atoms in total. The first-order chi connectivity index (χ1) is 6.49. The molecule has 14 heavy (non-hydrogen) atoms. The number of hydrogen-bond donors (Lipinski definition) is 1. The minimum absolute atomic E-state index is 0.119. The van der Waals surface area contributed by atoms with Crippen LogP contribution in [0.1, 0.15) is 24.6 Å². The Hall–Kier alpha value is -0.460. The Labute approximate surface area is 87.5 Å². The number of thiazole rings is 1. The maximum atomic E-state index is 10.8. The van der Waals surface area contributed by atoms with Crippen LogP contribution in [0.15, 0.2) is 10.9 Å². The molecule has 0 bridgehead atoms. The molecule has 1 N–H and O–H groups in total. The normalized spacial score (nSPS) is 14.1. The third-order valence-electron chi connectivity index (χ3n) is 1.79. The molecule has 1 atom stereocenters. The van der Waals surface area contributed by atoms with Crippen LogP contribution in [-0.2, 0) is 9.84 Å². The van der Waals surface area contributed by atoms with E-state index in [1.54, 1.807) is 10.9 Å². The quantitative estimate of drug-likeness (QED) is 0.826. The Morgan fingerprint density at radius 1 is 1.64 bits per heavy atom. The molecule has 80 valence electrons. The van der Waals surface area contributed by atoms with Gasteiger partial charge in [-0.15, -0.1) is 11.3 Å². The molecule has 0 spiro atoms. The fourth-order valence-electron chi connectivity index (χ4n) is 1.07. The maximum Gasteiger partial charge on any atom is 0.147 e. The summed E-state index contributed by atoms with van der Waals surface area (Å²) in [7, 11) is -2.92. The van der Waals surface area contributed by atoms with E-state index < -0.39 is 15.9 Å². The lowest BCUT2D eigenvalue weighted by Gasteiger charge is -2.06. The fourth-order valence-corrected chi connectivity index (χ4v) is 2.37. The number of rotatable bonds is 5. The Balaban J connectivity index is 2.33. The zero-order valence-corrected chi connectivity index (χ0v) is 9.51. The summed E-state index contributed by atoms with van der Waals surface area (Å²) < 4.78 is 21.6. The van der Waals surface area contributed by atoms with Crippen LogP contribution in [0.4, 0.5) is 0 Å². The summed E-state index contributed by atoms with van der Waals surface area (Å²) >= 11 is 1.42. The first kappa shape index (κ1) is 11.6. The zero-order chi connectivity index (χ0) is 10.6. The van der Waals surface area contributed by atoms with E-state index >= 15 is 0 Å². The summed E-state index contributed by atoms with van der Waals surface area (Å²) in [6.45, 7) is 0. The summed E-state index contributed by atoms with van der Waals surface area (Å²) in [5.41, 5.74) is 2.28. The van der Waals surface area contributed by atoms with Gasteiger partial charge in [-0.05, 0) is 12.8 Å². The monoisotopic (exact) mass is 235 g/mol. The van der Waals surface area contributed by atoms with Crippen molar-refractivity contribution in [2.75, 3.05) is 12.0 Å². The van der Waals surface area contributed by atoms with E-state index in [9.17, 15) is 13.5 Å². The SMILES string of the molecule is CS(=O)(=O)CCCC(O)c1cscn1. The highest BCUT2D eigenvalue weighted by atomic mass is 32.2. The van der Waals surface area contributed by atoms with Crippen molar-refractivity contribution in [2.24, 2.45) is 0 Å². The lowest BCUT2D eigenvalue weighted by Crippen LogP contribution is -2.05. The Bertz CT molecular complexity index is 358. The van der Waals surface area contributed by atoms with E-state index in [1.807, 2.05) is 0 Å². The first-order valence-corrected chi connectivity index (χ1v) is 7.23. The molecule has 0 aliphatic heterocycles. The average molecular weight is 235 g/mol. The molecule has 0 radical (unpaired) electrons. The Kier molecular flexibility index (Phi) is 4.03. The molecule has 0 saturated heterocycles. The van der Waals surface area contributed by atoms with Crippen molar-refractivity contribution in [3.63, 3.8) is 0 Å². The number of aromatic nitrogens is 1. The summed E-state index contributed by atoms with van der Waals surface area (Å²) in [5.74, 6) is 0.119. The van der Waals surface area contributed by atoms with Crippen molar-refractivity contribution in [3.8, 4) is 0 Å². The molecule has 0 amide bonds. The average Bonchev–Trinajstić information content (AvgIpc) is 2.53. The van der Waals surface area contributed by atoms with Crippen LogP contribution < -0.4 is 0 Å². The van der Waals surface area contributed by atoms with Crippen LogP contribution >= 0.6 is 11.3 Å². The second kappa shape index (κ2) is 4.86. The van der Waals surface area contributed by atoms with E-state index in [2.05, 4.69) is 4.98 Å². The predicted molar refractivity (Wildman–Crippen MR) is 56.0 cm³/mol. The van der Waals surface area contributed by atoms with Crippen molar-refractivity contribution >= 4 is 21.2 Å². The highest BCUT2D eigenvalue weighted by Crippen LogP contribution is 2.17. The van der Waals surface area contributed by atoms with Crippen LogP contribution in [0.3, 0.4) is 0 Å². The molecule has 0 aromatic carbocycles. The molecule has 1 aromatic rings. The van der Waals surface area contributed by atoms with E-state index in [1.165, 1.54) is 17.6 Å². The van der Waals surface area contributed by atoms with Gasteiger partial charge in [-0.1, -0.05) is 0 Å². The Morgan fingerprint density at radius 3 is 2.86 bits per heavy atom. The van der Waals surface area contributed by atoms with Crippen LogP contribution in [-0.4, -0.2) is 30.5 Å². The van der Waals surface area contributed by atoms with Gasteiger partial charge < -0.3 is 5.11 Å². The predicted octanol–water partition coefficient (Wildman–Crippen LogP) is 1.00. The molecule has 6 heteroatoms. The van der Waals surface area contributed by atoms with Gasteiger partial charge in [0.05, 0.1) is 17.3 Å².